The molecule has 2 N–H and O–H groups in total. The predicted octanol–water partition coefficient (Wildman–Crippen LogP) is 0.849. The van der Waals surface area contributed by atoms with Crippen LogP contribution in [0.2, 0.25) is 0 Å². The van der Waals surface area contributed by atoms with Crippen molar-refractivity contribution < 1.29 is 22.7 Å². The van der Waals surface area contributed by atoms with Gasteiger partial charge in [-0.05, 0) is 12.1 Å². The summed E-state index contributed by atoms with van der Waals surface area (Å²) in [6, 6.07) is 6.91. The monoisotopic (exact) mass is 378 g/mol. The van der Waals surface area contributed by atoms with Gasteiger partial charge in [-0.3, -0.25) is 4.79 Å². The molecular weight excluding hydrogens is 356 g/mol. The zero-order chi connectivity index (χ0) is 16.7. The van der Waals surface area contributed by atoms with Gasteiger partial charge in [0.15, 0.2) is 9.84 Å². The molecule has 2 rings (SSSR count). The highest BCUT2D eigenvalue weighted by molar-refractivity contribution is 7.90. The van der Waals surface area contributed by atoms with E-state index in [-0.39, 0.29) is 36.7 Å². The minimum absolute atomic E-state index is 0. The van der Waals surface area contributed by atoms with Crippen LogP contribution in [0.5, 0.6) is 5.75 Å². The number of anilines is 1. The number of sulfone groups is 1. The molecular formula is C15H23ClN2O5S. The third kappa shape index (κ3) is 7.96. The second kappa shape index (κ2) is 9.83. The lowest BCUT2D eigenvalue weighted by Gasteiger charge is -2.23. The van der Waals surface area contributed by atoms with Gasteiger partial charge in [0.25, 0.3) is 0 Å². The Morgan fingerprint density at radius 3 is 2.92 bits per heavy atom. The lowest BCUT2D eigenvalue weighted by molar-refractivity contribution is -0.117. The first-order valence-corrected chi connectivity index (χ1v) is 9.50. The third-order valence-corrected chi connectivity index (χ3v) is 4.18. The van der Waals surface area contributed by atoms with Crippen LogP contribution in [0.25, 0.3) is 0 Å². The molecule has 136 valence electrons. The molecule has 1 aliphatic rings. The van der Waals surface area contributed by atoms with E-state index >= 15 is 0 Å². The molecule has 9 heteroatoms. The SMILES string of the molecule is CS(=O)(=O)CCOc1cccc(NC(=O)CC2COCCN2)c1.Cl. The molecule has 0 aromatic heterocycles. The van der Waals surface area contributed by atoms with Gasteiger partial charge >= 0.3 is 0 Å². The van der Waals surface area contributed by atoms with Gasteiger partial charge in [0, 0.05) is 37.0 Å². The third-order valence-electron chi connectivity index (χ3n) is 3.27. The molecule has 1 aromatic rings. The number of morpholine rings is 1. The van der Waals surface area contributed by atoms with Crippen LogP contribution < -0.4 is 15.4 Å². The zero-order valence-electron chi connectivity index (χ0n) is 13.5. The van der Waals surface area contributed by atoms with E-state index in [1.165, 1.54) is 0 Å². The number of amides is 1. The molecule has 1 aromatic carbocycles. The van der Waals surface area contributed by atoms with Gasteiger partial charge in [-0.25, -0.2) is 8.42 Å². The van der Waals surface area contributed by atoms with Crippen molar-refractivity contribution in [1.82, 2.24) is 5.32 Å². The first kappa shape index (κ1) is 20.7. The maximum Gasteiger partial charge on any atom is 0.226 e. The second-order valence-corrected chi connectivity index (χ2v) is 7.74. The Morgan fingerprint density at radius 2 is 2.25 bits per heavy atom. The molecule has 1 aliphatic heterocycles. The predicted molar refractivity (Wildman–Crippen MR) is 94.8 cm³/mol. The Bertz CT molecular complexity index is 633. The van der Waals surface area contributed by atoms with Gasteiger partial charge in [0.05, 0.1) is 19.0 Å². The minimum Gasteiger partial charge on any atom is -0.492 e. The van der Waals surface area contributed by atoms with Crippen molar-refractivity contribution in [2.75, 3.05) is 43.7 Å². The van der Waals surface area contributed by atoms with Crippen LogP contribution in [-0.4, -0.2) is 58.7 Å². The highest BCUT2D eigenvalue weighted by Crippen LogP contribution is 2.17. The maximum absolute atomic E-state index is 12.0. The van der Waals surface area contributed by atoms with Gasteiger partial charge in [-0.15, -0.1) is 12.4 Å². The summed E-state index contributed by atoms with van der Waals surface area (Å²) in [5.74, 6) is 0.364. The van der Waals surface area contributed by atoms with Crippen LogP contribution in [0.1, 0.15) is 6.42 Å². The van der Waals surface area contributed by atoms with Gasteiger partial charge in [-0.2, -0.15) is 0 Å². The van der Waals surface area contributed by atoms with Gasteiger partial charge in [-0.1, -0.05) is 6.07 Å². The number of ether oxygens (including phenoxy) is 2. The number of carbonyl (C=O) groups is 1. The lowest BCUT2D eigenvalue weighted by Crippen LogP contribution is -2.43. The standard InChI is InChI=1S/C15H22N2O5S.ClH/c1-23(19,20)8-7-22-14-4-2-3-12(9-14)17-15(18)10-13-11-21-6-5-16-13;/h2-4,9,13,16H,5-8,10-11H2,1H3,(H,17,18);1H. The maximum atomic E-state index is 12.0. The normalized spacial score (nSPS) is 17.6. The van der Waals surface area contributed by atoms with Crippen molar-refractivity contribution in [3.05, 3.63) is 24.3 Å². The average Bonchev–Trinajstić information content (AvgIpc) is 2.47. The molecule has 0 spiro atoms. The zero-order valence-corrected chi connectivity index (χ0v) is 15.1. The minimum atomic E-state index is -3.05. The summed E-state index contributed by atoms with van der Waals surface area (Å²) in [4.78, 5) is 12.0. The fraction of sp³-hybridized carbons (Fsp3) is 0.533. The Labute approximate surface area is 148 Å². The van der Waals surface area contributed by atoms with Crippen molar-refractivity contribution in [1.29, 1.82) is 0 Å². The van der Waals surface area contributed by atoms with Crippen molar-refractivity contribution >= 4 is 33.8 Å². The van der Waals surface area contributed by atoms with Crippen LogP contribution in [-0.2, 0) is 19.4 Å². The molecule has 1 amide bonds. The fourth-order valence-electron chi connectivity index (χ4n) is 2.16. The van der Waals surface area contributed by atoms with E-state index in [1.54, 1.807) is 24.3 Å². The van der Waals surface area contributed by atoms with Crippen LogP contribution in [0.3, 0.4) is 0 Å². The Hall–Kier alpha value is -1.35. The van der Waals surface area contributed by atoms with E-state index in [9.17, 15) is 13.2 Å². The first-order valence-electron chi connectivity index (χ1n) is 7.44. The van der Waals surface area contributed by atoms with Crippen LogP contribution in [0.15, 0.2) is 24.3 Å². The van der Waals surface area contributed by atoms with E-state index in [1.807, 2.05) is 0 Å². The molecule has 0 saturated carbocycles. The number of halogens is 1. The molecule has 1 saturated heterocycles. The highest BCUT2D eigenvalue weighted by atomic mass is 35.5. The summed E-state index contributed by atoms with van der Waals surface area (Å²) < 4.78 is 32.8. The number of benzene rings is 1. The number of rotatable bonds is 7. The molecule has 0 bridgehead atoms. The summed E-state index contributed by atoms with van der Waals surface area (Å²) in [5.41, 5.74) is 0.614. The summed E-state index contributed by atoms with van der Waals surface area (Å²) >= 11 is 0. The lowest BCUT2D eigenvalue weighted by atomic mass is 10.2. The molecule has 1 unspecified atom stereocenters. The molecule has 24 heavy (non-hydrogen) atoms. The van der Waals surface area contributed by atoms with E-state index in [0.717, 1.165) is 12.8 Å². The number of hydrogen-bond donors (Lipinski definition) is 2. The largest absolute Gasteiger partial charge is 0.492 e. The van der Waals surface area contributed by atoms with Crippen LogP contribution in [0.4, 0.5) is 5.69 Å². The quantitative estimate of drug-likeness (QED) is 0.730. The van der Waals surface area contributed by atoms with Crippen molar-refractivity contribution in [2.45, 2.75) is 12.5 Å². The van der Waals surface area contributed by atoms with Gasteiger partial charge < -0.3 is 20.1 Å². The fourth-order valence-corrected chi connectivity index (χ4v) is 2.55. The first-order chi connectivity index (χ1) is 10.9. The van der Waals surface area contributed by atoms with Gasteiger partial charge in [0.2, 0.25) is 5.91 Å². The van der Waals surface area contributed by atoms with E-state index in [2.05, 4.69) is 10.6 Å². The van der Waals surface area contributed by atoms with Crippen LogP contribution in [0, 0.1) is 0 Å². The summed E-state index contributed by atoms with van der Waals surface area (Å²) in [6.45, 7) is 2.04. The van der Waals surface area contributed by atoms with Crippen molar-refractivity contribution in [3.63, 3.8) is 0 Å². The topological polar surface area (TPSA) is 93.7 Å². The molecule has 0 aliphatic carbocycles. The van der Waals surface area contributed by atoms with E-state index in [0.29, 0.717) is 31.1 Å². The molecule has 1 heterocycles. The number of carbonyl (C=O) groups excluding carboxylic acids is 1. The second-order valence-electron chi connectivity index (χ2n) is 5.48. The van der Waals surface area contributed by atoms with Crippen LogP contribution >= 0.6 is 12.4 Å². The molecule has 1 fully saturated rings. The summed E-state index contributed by atoms with van der Waals surface area (Å²) in [6.07, 6.45) is 1.50. The number of hydrogen-bond acceptors (Lipinski definition) is 6. The average molecular weight is 379 g/mol. The van der Waals surface area contributed by atoms with Gasteiger partial charge in [0.1, 0.15) is 12.4 Å². The Morgan fingerprint density at radius 1 is 1.46 bits per heavy atom. The van der Waals surface area contributed by atoms with Crippen molar-refractivity contribution in [2.24, 2.45) is 0 Å². The Kier molecular flexibility index (Phi) is 8.47. The van der Waals surface area contributed by atoms with E-state index < -0.39 is 9.84 Å². The Balaban J connectivity index is 0.00000288. The van der Waals surface area contributed by atoms with Crippen molar-refractivity contribution in [3.8, 4) is 5.75 Å². The van der Waals surface area contributed by atoms with E-state index in [4.69, 9.17) is 9.47 Å². The summed E-state index contributed by atoms with van der Waals surface area (Å²) in [7, 11) is -3.05. The smallest absolute Gasteiger partial charge is 0.226 e. The summed E-state index contributed by atoms with van der Waals surface area (Å²) in [5, 5.41) is 6.03. The highest BCUT2D eigenvalue weighted by Gasteiger charge is 2.16. The molecule has 0 radical (unpaired) electrons. The number of nitrogens with one attached hydrogen (secondary N) is 2. The molecule has 7 nitrogen and oxygen atoms in total. The molecule has 1 atom stereocenters.